The summed E-state index contributed by atoms with van der Waals surface area (Å²) in [5.74, 6) is -1.45. The van der Waals surface area contributed by atoms with Crippen LogP contribution in [0.4, 0.5) is 0 Å². The summed E-state index contributed by atoms with van der Waals surface area (Å²) in [5, 5.41) is 8.42. The molecule has 0 aromatic carbocycles. The van der Waals surface area contributed by atoms with Gasteiger partial charge in [-0.25, -0.2) is 8.42 Å². The van der Waals surface area contributed by atoms with Crippen LogP contribution in [0.25, 0.3) is 0 Å². The second kappa shape index (κ2) is 4.91. The molecule has 7 heteroatoms. The fraction of sp³-hybridized carbons (Fsp3) is 0.875. The molecule has 1 unspecified atom stereocenters. The van der Waals surface area contributed by atoms with Crippen molar-refractivity contribution in [2.45, 2.75) is 18.9 Å². The summed E-state index contributed by atoms with van der Waals surface area (Å²) in [4.78, 5) is 10.3. The Kier molecular flexibility index (Phi) is 4.06. The maximum absolute atomic E-state index is 11.6. The van der Waals surface area contributed by atoms with Gasteiger partial charge in [-0.1, -0.05) is 0 Å². The highest BCUT2D eigenvalue weighted by Crippen LogP contribution is 2.14. The molecular weight excluding hydrogens is 222 g/mol. The third-order valence-corrected chi connectivity index (χ3v) is 4.33. The molecule has 0 amide bonds. The van der Waals surface area contributed by atoms with Gasteiger partial charge in [0.1, 0.15) is 0 Å². The van der Waals surface area contributed by atoms with Gasteiger partial charge in [0.05, 0.1) is 24.8 Å². The van der Waals surface area contributed by atoms with Crippen molar-refractivity contribution in [3.63, 3.8) is 0 Å². The normalized spacial score (nSPS) is 22.1. The molecule has 0 aliphatic carbocycles. The first-order chi connectivity index (χ1) is 6.93. The number of hydrogen-bond donors (Lipinski definition) is 1. The number of aliphatic carboxylic acids is 1. The van der Waals surface area contributed by atoms with Crippen LogP contribution in [-0.4, -0.2) is 55.9 Å². The van der Waals surface area contributed by atoms with Gasteiger partial charge in [0.2, 0.25) is 10.0 Å². The van der Waals surface area contributed by atoms with Crippen LogP contribution in [0.5, 0.6) is 0 Å². The molecule has 1 aliphatic rings. The van der Waals surface area contributed by atoms with Gasteiger partial charge in [0, 0.05) is 13.7 Å². The number of carbonyl (C=O) groups is 1. The van der Waals surface area contributed by atoms with E-state index in [2.05, 4.69) is 0 Å². The van der Waals surface area contributed by atoms with E-state index in [1.54, 1.807) is 0 Å². The van der Waals surface area contributed by atoms with Gasteiger partial charge in [-0.15, -0.1) is 0 Å². The monoisotopic (exact) mass is 237 g/mol. The molecule has 1 saturated heterocycles. The van der Waals surface area contributed by atoms with E-state index in [0.717, 1.165) is 0 Å². The van der Waals surface area contributed by atoms with E-state index in [0.29, 0.717) is 19.6 Å². The molecule has 1 N–H and O–H groups in total. The van der Waals surface area contributed by atoms with E-state index < -0.39 is 16.0 Å². The predicted octanol–water partition coefficient (Wildman–Crippen LogP) is -0.488. The first kappa shape index (κ1) is 12.4. The molecule has 0 aromatic rings. The van der Waals surface area contributed by atoms with Crippen LogP contribution in [0, 0.1) is 0 Å². The van der Waals surface area contributed by atoms with E-state index in [-0.39, 0.29) is 18.2 Å². The second-order valence-electron chi connectivity index (χ2n) is 3.49. The van der Waals surface area contributed by atoms with E-state index in [9.17, 15) is 13.2 Å². The second-order valence-corrected chi connectivity index (χ2v) is 5.64. The number of carboxylic acid groups (broad SMARTS) is 1. The highest BCUT2D eigenvalue weighted by Gasteiger charge is 2.29. The minimum atomic E-state index is -3.47. The van der Waals surface area contributed by atoms with Gasteiger partial charge in [0.15, 0.2) is 0 Å². The lowest BCUT2D eigenvalue weighted by Crippen LogP contribution is -2.39. The average Bonchev–Trinajstić information content (AvgIpc) is 2.66. The molecule has 1 aliphatic heterocycles. The molecular formula is C8H15NO5S. The fourth-order valence-corrected chi connectivity index (χ4v) is 2.74. The van der Waals surface area contributed by atoms with E-state index in [4.69, 9.17) is 9.84 Å². The van der Waals surface area contributed by atoms with Crippen LogP contribution in [0.15, 0.2) is 0 Å². The Morgan fingerprint density at radius 3 is 2.73 bits per heavy atom. The molecule has 0 saturated carbocycles. The van der Waals surface area contributed by atoms with Gasteiger partial charge < -0.3 is 9.84 Å². The number of rotatable bonds is 5. The maximum atomic E-state index is 11.6. The Bertz CT molecular complexity index is 320. The largest absolute Gasteiger partial charge is 0.481 e. The minimum Gasteiger partial charge on any atom is -0.481 e. The third kappa shape index (κ3) is 3.44. The Balaban J connectivity index is 2.55. The Morgan fingerprint density at radius 2 is 2.27 bits per heavy atom. The number of ether oxygens (including phenoxy) is 1. The zero-order valence-corrected chi connectivity index (χ0v) is 9.37. The van der Waals surface area contributed by atoms with Gasteiger partial charge >= 0.3 is 5.97 Å². The molecule has 0 bridgehead atoms. The molecule has 1 atom stereocenters. The number of sulfonamides is 1. The van der Waals surface area contributed by atoms with Crippen molar-refractivity contribution in [3.8, 4) is 0 Å². The highest BCUT2D eigenvalue weighted by molar-refractivity contribution is 7.89. The van der Waals surface area contributed by atoms with Gasteiger partial charge in [0.25, 0.3) is 0 Å². The van der Waals surface area contributed by atoms with E-state index >= 15 is 0 Å². The zero-order chi connectivity index (χ0) is 11.5. The molecule has 0 aromatic heterocycles. The quantitative estimate of drug-likeness (QED) is 0.697. The fourth-order valence-electron chi connectivity index (χ4n) is 1.40. The summed E-state index contributed by atoms with van der Waals surface area (Å²) in [6.07, 6.45) is 0.309. The van der Waals surface area contributed by atoms with Crippen molar-refractivity contribution < 1.29 is 23.1 Å². The molecule has 0 radical (unpaired) electrons. The Hall–Kier alpha value is -0.660. The lowest BCUT2D eigenvalue weighted by molar-refractivity contribution is -0.136. The van der Waals surface area contributed by atoms with Crippen molar-refractivity contribution in [1.82, 2.24) is 4.31 Å². The first-order valence-electron chi connectivity index (χ1n) is 4.69. The van der Waals surface area contributed by atoms with Crippen molar-refractivity contribution >= 4 is 16.0 Å². The smallest absolute Gasteiger partial charge is 0.304 e. The highest BCUT2D eigenvalue weighted by atomic mass is 32.2. The number of likely N-dealkylation sites (N-methyl/N-ethyl adjacent to an activating group) is 1. The van der Waals surface area contributed by atoms with Crippen LogP contribution >= 0.6 is 0 Å². The molecule has 1 heterocycles. The predicted molar refractivity (Wildman–Crippen MR) is 53.0 cm³/mol. The Morgan fingerprint density at radius 1 is 1.60 bits per heavy atom. The van der Waals surface area contributed by atoms with E-state index in [1.165, 1.54) is 11.4 Å². The summed E-state index contributed by atoms with van der Waals surface area (Å²) in [6, 6.07) is -0.149. The van der Waals surface area contributed by atoms with Gasteiger partial charge in [-0.2, -0.15) is 4.31 Å². The first-order valence-corrected chi connectivity index (χ1v) is 6.29. The van der Waals surface area contributed by atoms with Crippen molar-refractivity contribution in [1.29, 1.82) is 0 Å². The standard InChI is InChI=1S/C8H15NO5S/c1-9(7-2-4-14-6-7)15(12,13)5-3-8(10)11/h7H,2-6H2,1H3,(H,10,11). The summed E-state index contributed by atoms with van der Waals surface area (Å²) in [6.45, 7) is 0.951. The van der Waals surface area contributed by atoms with Gasteiger partial charge in [-0.05, 0) is 6.42 Å². The van der Waals surface area contributed by atoms with E-state index in [1.807, 2.05) is 0 Å². The van der Waals surface area contributed by atoms with Crippen LogP contribution < -0.4 is 0 Å². The zero-order valence-electron chi connectivity index (χ0n) is 8.55. The number of nitrogens with zero attached hydrogens (tertiary/aromatic N) is 1. The average molecular weight is 237 g/mol. The summed E-state index contributed by atoms with van der Waals surface area (Å²) >= 11 is 0. The maximum Gasteiger partial charge on any atom is 0.304 e. The summed E-state index contributed by atoms with van der Waals surface area (Å²) in [5.41, 5.74) is 0. The topological polar surface area (TPSA) is 83.9 Å². The molecule has 88 valence electrons. The van der Waals surface area contributed by atoms with Crippen LogP contribution in [-0.2, 0) is 19.6 Å². The van der Waals surface area contributed by atoms with Crippen molar-refractivity contribution in [3.05, 3.63) is 0 Å². The number of carboxylic acids is 1. The lowest BCUT2D eigenvalue weighted by atomic mass is 10.3. The molecule has 1 rings (SSSR count). The summed E-state index contributed by atoms with van der Waals surface area (Å²) in [7, 11) is -2.00. The Labute approximate surface area is 88.9 Å². The van der Waals surface area contributed by atoms with Gasteiger partial charge in [-0.3, -0.25) is 4.79 Å². The molecule has 0 spiro atoms. The van der Waals surface area contributed by atoms with Crippen molar-refractivity contribution in [2.75, 3.05) is 26.0 Å². The van der Waals surface area contributed by atoms with Crippen LogP contribution in [0.2, 0.25) is 0 Å². The SMILES string of the molecule is CN(C1CCOC1)S(=O)(=O)CCC(=O)O. The van der Waals surface area contributed by atoms with Crippen LogP contribution in [0.3, 0.4) is 0 Å². The molecule has 6 nitrogen and oxygen atoms in total. The van der Waals surface area contributed by atoms with Crippen LogP contribution in [0.1, 0.15) is 12.8 Å². The summed E-state index contributed by atoms with van der Waals surface area (Å²) < 4.78 is 29.6. The molecule has 15 heavy (non-hydrogen) atoms. The number of hydrogen-bond acceptors (Lipinski definition) is 4. The van der Waals surface area contributed by atoms with Crippen molar-refractivity contribution in [2.24, 2.45) is 0 Å². The third-order valence-electron chi connectivity index (χ3n) is 2.43. The lowest BCUT2D eigenvalue weighted by Gasteiger charge is -2.21. The minimum absolute atomic E-state index is 0.149. The molecule has 1 fully saturated rings.